The minimum absolute atomic E-state index is 0.198. The van der Waals surface area contributed by atoms with Gasteiger partial charge in [0.25, 0.3) is 11.8 Å². The van der Waals surface area contributed by atoms with E-state index in [1.54, 1.807) is 42.5 Å². The maximum Gasteiger partial charge on any atom is 0.339 e. The highest BCUT2D eigenvalue weighted by Crippen LogP contribution is 2.27. The maximum absolute atomic E-state index is 12.4. The molecule has 6 nitrogen and oxygen atoms in total. The fourth-order valence-corrected chi connectivity index (χ4v) is 3.86. The molecule has 1 heterocycles. The van der Waals surface area contributed by atoms with Crippen LogP contribution >= 0.6 is 11.8 Å². The van der Waals surface area contributed by atoms with Crippen molar-refractivity contribution in [1.29, 1.82) is 0 Å². The summed E-state index contributed by atoms with van der Waals surface area (Å²) in [4.78, 5) is 37.0. The van der Waals surface area contributed by atoms with Gasteiger partial charge in [-0.1, -0.05) is 30.3 Å². The van der Waals surface area contributed by atoms with Gasteiger partial charge in [-0.3, -0.25) is 14.9 Å². The summed E-state index contributed by atoms with van der Waals surface area (Å²) in [5, 5.41) is 2.20. The Hall–Kier alpha value is -2.64. The van der Waals surface area contributed by atoms with Crippen molar-refractivity contribution in [3.63, 3.8) is 0 Å². The fraction of sp³-hybridized carbons (Fsp3) is 0.286. The molecule has 1 aliphatic heterocycles. The second kappa shape index (κ2) is 10.1. The van der Waals surface area contributed by atoms with E-state index in [1.165, 1.54) is 11.8 Å². The number of hydrogen-bond donors (Lipinski definition) is 1. The van der Waals surface area contributed by atoms with Gasteiger partial charge in [0.1, 0.15) is 0 Å². The molecule has 28 heavy (non-hydrogen) atoms. The van der Waals surface area contributed by atoms with Gasteiger partial charge in [0.15, 0.2) is 6.61 Å². The van der Waals surface area contributed by atoms with E-state index < -0.39 is 24.4 Å². The quantitative estimate of drug-likeness (QED) is 0.569. The van der Waals surface area contributed by atoms with E-state index in [0.717, 1.165) is 30.1 Å². The highest BCUT2D eigenvalue weighted by molar-refractivity contribution is 7.99. The Balaban J connectivity index is 1.51. The van der Waals surface area contributed by atoms with Crippen LogP contribution in [-0.4, -0.2) is 42.9 Å². The van der Waals surface area contributed by atoms with Crippen molar-refractivity contribution in [2.75, 3.05) is 19.0 Å². The zero-order valence-corrected chi connectivity index (χ0v) is 16.1. The Kier molecular flexibility index (Phi) is 7.22. The van der Waals surface area contributed by atoms with E-state index in [-0.39, 0.29) is 6.10 Å². The van der Waals surface area contributed by atoms with Crippen molar-refractivity contribution in [1.82, 2.24) is 5.32 Å². The molecule has 0 unspecified atom stereocenters. The zero-order valence-electron chi connectivity index (χ0n) is 15.3. The third-order valence-corrected chi connectivity index (χ3v) is 5.38. The second-order valence-corrected chi connectivity index (χ2v) is 7.32. The number of benzene rings is 2. The number of imide groups is 1. The van der Waals surface area contributed by atoms with Crippen LogP contribution in [0.1, 0.15) is 33.6 Å². The largest absolute Gasteiger partial charge is 0.452 e. The molecule has 1 atom stereocenters. The molecule has 1 aliphatic rings. The normalized spacial score (nSPS) is 15.8. The molecule has 0 bridgehead atoms. The topological polar surface area (TPSA) is 81.7 Å². The van der Waals surface area contributed by atoms with E-state index in [1.807, 2.05) is 12.1 Å². The van der Waals surface area contributed by atoms with Crippen LogP contribution in [-0.2, 0) is 14.3 Å². The summed E-state index contributed by atoms with van der Waals surface area (Å²) in [6.45, 7) is 0.258. The van der Waals surface area contributed by atoms with Gasteiger partial charge < -0.3 is 9.47 Å². The number of rotatable bonds is 7. The van der Waals surface area contributed by atoms with Crippen LogP contribution in [0.15, 0.2) is 59.5 Å². The predicted octanol–water partition coefficient (Wildman–Crippen LogP) is 3.07. The summed E-state index contributed by atoms with van der Waals surface area (Å²) in [7, 11) is 0. The molecule has 1 fully saturated rings. The fourth-order valence-electron chi connectivity index (χ4n) is 2.75. The molecule has 3 rings (SSSR count). The molecule has 2 aromatic carbocycles. The van der Waals surface area contributed by atoms with Gasteiger partial charge in [-0.25, -0.2) is 4.79 Å². The van der Waals surface area contributed by atoms with Gasteiger partial charge in [-0.15, -0.1) is 11.8 Å². The van der Waals surface area contributed by atoms with Crippen LogP contribution in [0.2, 0.25) is 0 Å². The van der Waals surface area contributed by atoms with Gasteiger partial charge in [0, 0.05) is 22.8 Å². The van der Waals surface area contributed by atoms with E-state index in [2.05, 4.69) is 5.32 Å². The van der Waals surface area contributed by atoms with Crippen molar-refractivity contribution in [3.8, 4) is 0 Å². The van der Waals surface area contributed by atoms with Crippen LogP contribution in [0.3, 0.4) is 0 Å². The molecule has 2 aromatic rings. The Labute approximate surface area is 167 Å². The van der Waals surface area contributed by atoms with Gasteiger partial charge in [0.2, 0.25) is 0 Å². The monoisotopic (exact) mass is 399 g/mol. The van der Waals surface area contributed by atoms with Crippen molar-refractivity contribution in [2.45, 2.75) is 23.8 Å². The maximum atomic E-state index is 12.4. The number of esters is 1. The van der Waals surface area contributed by atoms with Crippen LogP contribution < -0.4 is 5.32 Å². The van der Waals surface area contributed by atoms with E-state index in [4.69, 9.17) is 9.47 Å². The summed E-state index contributed by atoms with van der Waals surface area (Å²) < 4.78 is 10.7. The number of carbonyl (C=O) groups excluding carboxylic acids is 3. The first-order valence-electron chi connectivity index (χ1n) is 9.03. The number of ether oxygens (including phenoxy) is 2. The summed E-state index contributed by atoms with van der Waals surface area (Å²) in [5.41, 5.74) is 0.755. The lowest BCUT2D eigenvalue weighted by atomic mass is 10.2. The van der Waals surface area contributed by atoms with Crippen LogP contribution in [0.25, 0.3) is 0 Å². The van der Waals surface area contributed by atoms with Gasteiger partial charge in [0.05, 0.1) is 11.7 Å². The molecule has 0 aliphatic carbocycles. The summed E-state index contributed by atoms with van der Waals surface area (Å²) in [5.74, 6) is -1.05. The molecule has 0 saturated carbocycles. The van der Waals surface area contributed by atoms with Gasteiger partial charge in [-0.2, -0.15) is 0 Å². The SMILES string of the molecule is O=C(COC(=O)c1ccccc1SC[C@@H]1CCCO1)NC(=O)c1ccccc1. The Bertz CT molecular complexity index is 834. The molecule has 146 valence electrons. The number of hydrogen-bond acceptors (Lipinski definition) is 6. The van der Waals surface area contributed by atoms with Crippen molar-refractivity contribution in [2.24, 2.45) is 0 Å². The van der Waals surface area contributed by atoms with Gasteiger partial charge in [-0.05, 0) is 37.1 Å². The van der Waals surface area contributed by atoms with Gasteiger partial charge >= 0.3 is 5.97 Å². The number of amides is 2. The first-order chi connectivity index (χ1) is 13.6. The lowest BCUT2D eigenvalue weighted by Gasteiger charge is -2.12. The first-order valence-corrected chi connectivity index (χ1v) is 10.0. The molecule has 2 amide bonds. The third-order valence-electron chi connectivity index (χ3n) is 4.18. The highest BCUT2D eigenvalue weighted by atomic mass is 32.2. The van der Waals surface area contributed by atoms with Crippen LogP contribution in [0, 0.1) is 0 Å². The molecule has 7 heteroatoms. The standard InChI is InChI=1S/C21H21NO5S/c23-19(22-20(24)15-7-2-1-3-8-15)13-27-21(25)17-10-4-5-11-18(17)28-14-16-9-6-12-26-16/h1-5,7-8,10-11,16H,6,9,12-14H2,(H,22,23,24)/t16-/m0/s1. The number of carbonyl (C=O) groups is 3. The van der Waals surface area contributed by atoms with E-state index in [0.29, 0.717) is 11.1 Å². The third kappa shape index (κ3) is 5.68. The van der Waals surface area contributed by atoms with Crippen LogP contribution in [0.5, 0.6) is 0 Å². The highest BCUT2D eigenvalue weighted by Gasteiger charge is 2.19. The van der Waals surface area contributed by atoms with Crippen LogP contribution in [0.4, 0.5) is 0 Å². The Morgan fingerprint density at radius 2 is 1.82 bits per heavy atom. The smallest absolute Gasteiger partial charge is 0.339 e. The van der Waals surface area contributed by atoms with Crippen molar-refractivity contribution < 1.29 is 23.9 Å². The molecule has 0 spiro atoms. The minimum Gasteiger partial charge on any atom is -0.452 e. The molecule has 0 aromatic heterocycles. The molecule has 0 radical (unpaired) electrons. The summed E-state index contributed by atoms with van der Waals surface area (Å²) in [6.07, 6.45) is 2.28. The molecular formula is C21H21NO5S. The second-order valence-electron chi connectivity index (χ2n) is 6.26. The lowest BCUT2D eigenvalue weighted by molar-refractivity contribution is -0.123. The average Bonchev–Trinajstić information content (AvgIpc) is 3.25. The Morgan fingerprint density at radius 3 is 2.57 bits per heavy atom. The summed E-state index contributed by atoms with van der Waals surface area (Å²) >= 11 is 1.53. The molecule has 1 saturated heterocycles. The van der Waals surface area contributed by atoms with E-state index >= 15 is 0 Å². The molecular weight excluding hydrogens is 378 g/mol. The van der Waals surface area contributed by atoms with Crippen molar-refractivity contribution >= 4 is 29.5 Å². The average molecular weight is 399 g/mol. The minimum atomic E-state index is -0.674. The van der Waals surface area contributed by atoms with E-state index in [9.17, 15) is 14.4 Å². The van der Waals surface area contributed by atoms with Crippen molar-refractivity contribution in [3.05, 3.63) is 65.7 Å². The number of nitrogens with one attached hydrogen (secondary N) is 1. The summed E-state index contributed by atoms with van der Waals surface area (Å²) in [6, 6.07) is 15.4. The zero-order chi connectivity index (χ0) is 19.8. The molecule has 1 N–H and O–H groups in total. The predicted molar refractivity (Wildman–Crippen MR) is 105 cm³/mol. The Morgan fingerprint density at radius 1 is 1.07 bits per heavy atom. The number of thioether (sulfide) groups is 1. The first kappa shape index (κ1) is 20.1. The lowest BCUT2D eigenvalue weighted by Crippen LogP contribution is -2.34.